The number of carbonyl (C=O) groups excluding carboxylic acids is 1. The van der Waals surface area contributed by atoms with Crippen molar-refractivity contribution in [3.63, 3.8) is 0 Å². The van der Waals surface area contributed by atoms with Crippen LogP contribution in [0.25, 0.3) is 0 Å². The average molecular weight is 248 g/mol. The van der Waals surface area contributed by atoms with Gasteiger partial charge < -0.3 is 10.6 Å². The van der Waals surface area contributed by atoms with Crippen molar-refractivity contribution in [3.8, 4) is 0 Å². The van der Waals surface area contributed by atoms with E-state index in [0.717, 1.165) is 37.3 Å². The number of hydrogen-bond donors (Lipinski definition) is 1. The smallest absolute Gasteiger partial charge is 0.228 e. The molecule has 1 atom stereocenters. The Morgan fingerprint density at radius 2 is 1.61 bits per heavy atom. The molecule has 0 spiro atoms. The molecule has 4 saturated carbocycles. The van der Waals surface area contributed by atoms with Gasteiger partial charge >= 0.3 is 0 Å². The zero-order valence-electron chi connectivity index (χ0n) is 11.1. The molecule has 4 aliphatic carbocycles. The van der Waals surface area contributed by atoms with E-state index >= 15 is 0 Å². The molecule has 5 aliphatic rings. The van der Waals surface area contributed by atoms with Crippen LogP contribution in [0.1, 0.15) is 44.9 Å². The fourth-order valence-electron chi connectivity index (χ4n) is 5.68. The summed E-state index contributed by atoms with van der Waals surface area (Å²) >= 11 is 0. The third-order valence-corrected chi connectivity index (χ3v) is 6.00. The van der Waals surface area contributed by atoms with E-state index in [1.165, 1.54) is 38.5 Å². The normalized spacial score (nSPS) is 49.9. The van der Waals surface area contributed by atoms with Crippen LogP contribution in [-0.2, 0) is 4.79 Å². The fourth-order valence-corrected chi connectivity index (χ4v) is 5.68. The van der Waals surface area contributed by atoms with Gasteiger partial charge in [0.2, 0.25) is 5.91 Å². The van der Waals surface area contributed by atoms with Gasteiger partial charge in [0.05, 0.1) is 5.41 Å². The first-order valence-corrected chi connectivity index (χ1v) is 7.69. The molecule has 100 valence electrons. The third-order valence-electron chi connectivity index (χ3n) is 6.00. The highest BCUT2D eigenvalue weighted by molar-refractivity contribution is 5.83. The largest absolute Gasteiger partial charge is 0.341 e. The second-order valence-electron chi connectivity index (χ2n) is 7.50. The predicted octanol–water partition coefficient (Wildman–Crippen LogP) is 1.76. The van der Waals surface area contributed by atoms with Crippen LogP contribution >= 0.6 is 0 Å². The molecule has 3 nitrogen and oxygen atoms in total. The maximum atomic E-state index is 12.9. The summed E-state index contributed by atoms with van der Waals surface area (Å²) in [5.74, 6) is 3.04. The molecule has 5 fully saturated rings. The van der Waals surface area contributed by atoms with Crippen LogP contribution in [0.2, 0.25) is 0 Å². The van der Waals surface area contributed by atoms with Crippen LogP contribution in [0.15, 0.2) is 0 Å². The predicted molar refractivity (Wildman–Crippen MR) is 69.8 cm³/mol. The first kappa shape index (κ1) is 11.3. The quantitative estimate of drug-likeness (QED) is 0.768. The molecular weight excluding hydrogens is 224 g/mol. The Morgan fingerprint density at radius 3 is 2.06 bits per heavy atom. The highest BCUT2D eigenvalue weighted by Gasteiger charge is 2.55. The molecule has 18 heavy (non-hydrogen) atoms. The van der Waals surface area contributed by atoms with E-state index in [4.69, 9.17) is 5.73 Å². The topological polar surface area (TPSA) is 46.3 Å². The number of nitrogens with zero attached hydrogens (tertiary/aromatic N) is 1. The molecule has 0 aromatic rings. The van der Waals surface area contributed by atoms with Gasteiger partial charge in [0.1, 0.15) is 0 Å². The van der Waals surface area contributed by atoms with E-state index in [2.05, 4.69) is 4.90 Å². The highest BCUT2D eigenvalue weighted by atomic mass is 16.2. The molecule has 1 saturated heterocycles. The van der Waals surface area contributed by atoms with Gasteiger partial charge in [-0.25, -0.2) is 0 Å². The Kier molecular flexibility index (Phi) is 2.33. The van der Waals surface area contributed by atoms with Gasteiger partial charge in [0.15, 0.2) is 0 Å². The van der Waals surface area contributed by atoms with E-state index < -0.39 is 0 Å². The summed E-state index contributed by atoms with van der Waals surface area (Å²) in [7, 11) is 0. The number of carbonyl (C=O) groups is 1. The summed E-state index contributed by atoms with van der Waals surface area (Å²) in [6.07, 6.45) is 8.78. The van der Waals surface area contributed by atoms with Crippen LogP contribution in [-0.4, -0.2) is 29.9 Å². The molecule has 1 heterocycles. The van der Waals surface area contributed by atoms with Crippen molar-refractivity contribution >= 4 is 5.91 Å². The van der Waals surface area contributed by atoms with Gasteiger partial charge in [-0.2, -0.15) is 0 Å². The second-order valence-corrected chi connectivity index (χ2v) is 7.50. The summed E-state index contributed by atoms with van der Waals surface area (Å²) in [5.41, 5.74) is 6.00. The molecule has 4 bridgehead atoms. The summed E-state index contributed by atoms with van der Waals surface area (Å²) in [5, 5.41) is 0. The van der Waals surface area contributed by atoms with Crippen molar-refractivity contribution in [1.29, 1.82) is 0 Å². The molecule has 5 rings (SSSR count). The van der Waals surface area contributed by atoms with Crippen molar-refractivity contribution in [2.24, 2.45) is 28.9 Å². The fraction of sp³-hybridized carbons (Fsp3) is 0.933. The minimum Gasteiger partial charge on any atom is -0.341 e. The van der Waals surface area contributed by atoms with E-state index in [1.807, 2.05) is 0 Å². The van der Waals surface area contributed by atoms with Crippen molar-refractivity contribution in [3.05, 3.63) is 0 Å². The lowest BCUT2D eigenvalue weighted by atomic mass is 9.49. The Balaban J connectivity index is 1.58. The Labute approximate surface area is 109 Å². The summed E-state index contributed by atoms with van der Waals surface area (Å²) in [6, 6.07) is 0.225. The molecule has 2 N–H and O–H groups in total. The number of hydrogen-bond acceptors (Lipinski definition) is 2. The number of amides is 1. The van der Waals surface area contributed by atoms with E-state index in [1.54, 1.807) is 0 Å². The van der Waals surface area contributed by atoms with Crippen molar-refractivity contribution in [2.75, 3.05) is 13.1 Å². The molecule has 0 radical (unpaired) electrons. The highest BCUT2D eigenvalue weighted by Crippen LogP contribution is 2.60. The SMILES string of the molecule is N[C@H]1CCN(C(=O)C23CC4CC(CC(C4)C2)C3)C1. The number of rotatable bonds is 1. The molecule has 3 heteroatoms. The molecule has 1 aliphatic heterocycles. The molecule has 0 aromatic heterocycles. The third kappa shape index (κ3) is 1.56. The van der Waals surface area contributed by atoms with Crippen LogP contribution in [0, 0.1) is 23.2 Å². The lowest BCUT2D eigenvalue weighted by molar-refractivity contribution is -0.156. The minimum absolute atomic E-state index is 0.0405. The monoisotopic (exact) mass is 248 g/mol. The molecular formula is C15H24N2O. The Bertz CT molecular complexity index is 343. The maximum Gasteiger partial charge on any atom is 0.228 e. The zero-order valence-corrected chi connectivity index (χ0v) is 11.1. The first-order chi connectivity index (χ1) is 8.64. The van der Waals surface area contributed by atoms with Crippen LogP contribution in [0.5, 0.6) is 0 Å². The summed E-state index contributed by atoms with van der Waals surface area (Å²) < 4.78 is 0. The van der Waals surface area contributed by atoms with Gasteiger partial charge in [0, 0.05) is 19.1 Å². The van der Waals surface area contributed by atoms with Crippen molar-refractivity contribution in [2.45, 2.75) is 51.0 Å². The molecule has 0 aromatic carbocycles. The van der Waals surface area contributed by atoms with E-state index in [9.17, 15) is 4.79 Å². The number of likely N-dealkylation sites (tertiary alicyclic amines) is 1. The lowest BCUT2D eigenvalue weighted by Crippen LogP contribution is -2.54. The van der Waals surface area contributed by atoms with E-state index in [0.29, 0.717) is 5.91 Å². The first-order valence-electron chi connectivity index (χ1n) is 7.69. The minimum atomic E-state index is 0.0405. The van der Waals surface area contributed by atoms with Crippen molar-refractivity contribution < 1.29 is 4.79 Å². The Morgan fingerprint density at radius 1 is 1.06 bits per heavy atom. The van der Waals surface area contributed by atoms with Crippen LogP contribution in [0.3, 0.4) is 0 Å². The van der Waals surface area contributed by atoms with Gasteiger partial charge in [-0.05, 0) is 62.7 Å². The molecule has 1 amide bonds. The lowest BCUT2D eigenvalue weighted by Gasteiger charge is -2.56. The van der Waals surface area contributed by atoms with Crippen molar-refractivity contribution in [1.82, 2.24) is 4.90 Å². The van der Waals surface area contributed by atoms with E-state index in [-0.39, 0.29) is 11.5 Å². The van der Waals surface area contributed by atoms with Gasteiger partial charge in [-0.1, -0.05) is 0 Å². The second kappa shape index (κ2) is 3.72. The van der Waals surface area contributed by atoms with Gasteiger partial charge in [-0.15, -0.1) is 0 Å². The molecule has 0 unspecified atom stereocenters. The number of nitrogens with two attached hydrogens (primary N) is 1. The average Bonchev–Trinajstić information content (AvgIpc) is 2.73. The van der Waals surface area contributed by atoms with Crippen LogP contribution < -0.4 is 5.73 Å². The Hall–Kier alpha value is -0.570. The summed E-state index contributed by atoms with van der Waals surface area (Å²) in [4.78, 5) is 15.0. The van der Waals surface area contributed by atoms with Gasteiger partial charge in [0.25, 0.3) is 0 Å². The standard InChI is InChI=1S/C15H24N2O/c16-13-1-2-17(9-13)14(18)15-6-10-3-11(7-15)5-12(4-10)8-15/h10-13H,1-9,16H2/t10?,11?,12?,13-,15?/m0/s1. The zero-order chi connectivity index (χ0) is 12.3. The van der Waals surface area contributed by atoms with Gasteiger partial charge in [-0.3, -0.25) is 4.79 Å². The maximum absolute atomic E-state index is 12.9. The summed E-state index contributed by atoms with van der Waals surface area (Å²) in [6.45, 7) is 1.71. The van der Waals surface area contributed by atoms with Crippen LogP contribution in [0.4, 0.5) is 0 Å².